The number of nitrogens with two attached hydrogens (primary N) is 1. The molecule has 0 aliphatic rings. The van der Waals surface area contributed by atoms with Gasteiger partial charge in [-0.15, -0.1) is 0 Å². The first-order chi connectivity index (χ1) is 2.41. The summed E-state index contributed by atoms with van der Waals surface area (Å²) >= 11 is 0. The summed E-state index contributed by atoms with van der Waals surface area (Å²) < 4.78 is 0. The second-order valence-electron chi connectivity index (χ2n) is 0.568. The summed E-state index contributed by atoms with van der Waals surface area (Å²) in [5, 5.41) is 0. The first-order valence-corrected chi connectivity index (χ1v) is 1.29. The summed E-state index contributed by atoms with van der Waals surface area (Å²) in [6.07, 6.45) is 0. The third-order valence-corrected chi connectivity index (χ3v) is 0.192. The van der Waals surface area contributed by atoms with Crippen LogP contribution in [0.3, 0.4) is 0 Å². The Hall–Kier alpha value is 0.170. The zero-order valence-electron chi connectivity index (χ0n) is 3.77. The quantitative estimate of drug-likeness (QED) is 0.368. The Morgan fingerprint density at radius 3 is 1.50 bits per heavy atom. The molecule has 0 unspecified atom stereocenters. The fraction of sp³-hybridized carbons (Fsp3) is 1.00. The van der Waals surface area contributed by atoms with Crippen LogP contribution in [0.2, 0.25) is 0 Å². The number of hydrogen-bond donors (Lipinski definition) is 1. The van der Waals surface area contributed by atoms with Crippen LogP contribution >= 0.6 is 0 Å². The third-order valence-electron chi connectivity index (χ3n) is 0.192. The van der Waals surface area contributed by atoms with E-state index in [4.69, 9.17) is 0 Å². The largest absolute Gasteiger partial charge is 1.00 e. The molecular weight excluding hydrogens is 105 g/mol. The molecule has 0 aromatic rings. The maximum Gasteiger partial charge on any atom is 0.0993 e. The normalized spacial score (nSPS) is 7.00. The molecule has 0 fully saturated rings. The van der Waals surface area contributed by atoms with Crippen LogP contribution in [0.5, 0.6) is 0 Å². The number of rotatable bonds is 2. The molecule has 40 valence electrons. The van der Waals surface area contributed by atoms with Crippen molar-refractivity contribution in [3.05, 3.63) is 0 Å². The molecule has 0 aliphatic carbocycles. The molecule has 3 nitrogen and oxygen atoms in total. The molecule has 4 heteroatoms. The smallest absolute Gasteiger partial charge is 0.0993 e. The van der Waals surface area contributed by atoms with Gasteiger partial charge in [-0.25, -0.2) is 0 Å². The van der Waals surface area contributed by atoms with Crippen LogP contribution in [0.25, 0.3) is 0 Å². The van der Waals surface area contributed by atoms with Crippen LogP contribution in [0.4, 0.5) is 0 Å². The maximum atomic E-state index is 4.34. The van der Waals surface area contributed by atoms with Gasteiger partial charge in [0.1, 0.15) is 0 Å². The van der Waals surface area contributed by atoms with Crippen molar-refractivity contribution in [1.82, 2.24) is 0 Å². The molecule has 0 atom stereocenters. The lowest BCUT2D eigenvalue weighted by Crippen LogP contribution is -3.00. The van der Waals surface area contributed by atoms with Crippen molar-refractivity contribution >= 4 is 0 Å². The van der Waals surface area contributed by atoms with Gasteiger partial charge in [-0.3, -0.25) is 0 Å². The Bertz CT molecular complexity index is 19.0. The zero-order valence-corrected chi connectivity index (χ0v) is 4.53. The molecule has 0 aromatic carbocycles. The Morgan fingerprint density at radius 2 is 1.50 bits per heavy atom. The second-order valence-corrected chi connectivity index (χ2v) is 0.568. The number of halogens is 1. The monoisotopic (exact) mass is 113 g/mol. The summed E-state index contributed by atoms with van der Waals surface area (Å²) in [6.45, 7) is 0. The van der Waals surface area contributed by atoms with Gasteiger partial charge in [0.05, 0.1) is 14.2 Å². The average Bonchev–Trinajstić information content (AvgIpc) is 1.41. The highest BCUT2D eigenvalue weighted by atomic mass is 35.5. The standard InChI is InChI=1S/C2H8NO2.ClH/c1-4-3-5-2;/h3H2,1-2H3;1H/q+1;/p-1. The molecule has 0 heterocycles. The molecule has 0 aliphatic heterocycles. The van der Waals surface area contributed by atoms with Gasteiger partial charge < -0.3 is 12.4 Å². The molecule has 0 rings (SSSR count). The van der Waals surface area contributed by atoms with Gasteiger partial charge in [0.15, 0.2) is 0 Å². The lowest BCUT2D eigenvalue weighted by Gasteiger charge is -1.83. The van der Waals surface area contributed by atoms with Crippen LogP contribution in [0, 0.1) is 0 Å². The lowest BCUT2D eigenvalue weighted by atomic mass is 11.7. The Balaban J connectivity index is 0. The summed E-state index contributed by atoms with van der Waals surface area (Å²) in [4.78, 5) is 8.69. The molecule has 0 saturated heterocycles. The van der Waals surface area contributed by atoms with E-state index in [1.54, 1.807) is 0 Å². The average molecular weight is 114 g/mol. The number of quaternary nitrogens is 1. The van der Waals surface area contributed by atoms with Gasteiger partial charge in [0, 0.05) is 0 Å². The number of hydrogen-bond acceptors (Lipinski definition) is 2. The van der Waals surface area contributed by atoms with E-state index >= 15 is 0 Å². The van der Waals surface area contributed by atoms with Crippen LogP contribution in [-0.4, -0.2) is 14.2 Å². The SMILES string of the molecule is CO[NH2+]OC.[Cl-]. The van der Waals surface area contributed by atoms with E-state index in [2.05, 4.69) is 9.68 Å². The Labute approximate surface area is 42.9 Å². The van der Waals surface area contributed by atoms with Crippen molar-refractivity contribution in [1.29, 1.82) is 0 Å². The van der Waals surface area contributed by atoms with E-state index in [-0.39, 0.29) is 12.4 Å². The predicted octanol–water partition coefficient (Wildman–Crippen LogP) is -4.32. The summed E-state index contributed by atoms with van der Waals surface area (Å²) in [6, 6.07) is 0. The van der Waals surface area contributed by atoms with Crippen molar-refractivity contribution in [2.75, 3.05) is 14.2 Å². The molecule has 0 aromatic heterocycles. The highest BCUT2D eigenvalue weighted by Crippen LogP contribution is 1.25. The minimum absolute atomic E-state index is 0. The summed E-state index contributed by atoms with van der Waals surface area (Å²) in [5.41, 5.74) is 1.25. The van der Waals surface area contributed by atoms with Gasteiger partial charge in [-0.2, -0.15) is 9.68 Å². The van der Waals surface area contributed by atoms with Gasteiger partial charge in [0.25, 0.3) is 0 Å². The van der Waals surface area contributed by atoms with E-state index in [0.29, 0.717) is 0 Å². The molecule has 0 amide bonds. The molecule has 2 N–H and O–H groups in total. The van der Waals surface area contributed by atoms with Crippen molar-refractivity contribution in [2.45, 2.75) is 0 Å². The Morgan fingerprint density at radius 1 is 1.17 bits per heavy atom. The van der Waals surface area contributed by atoms with Crippen molar-refractivity contribution < 1.29 is 27.7 Å². The lowest BCUT2D eigenvalue weighted by molar-refractivity contribution is -1.06. The van der Waals surface area contributed by atoms with E-state index < -0.39 is 0 Å². The van der Waals surface area contributed by atoms with E-state index in [1.807, 2.05) is 0 Å². The fourth-order valence-corrected chi connectivity index (χ4v) is 0.0962. The predicted molar refractivity (Wildman–Crippen MR) is 15.9 cm³/mol. The highest BCUT2D eigenvalue weighted by molar-refractivity contribution is 3.35. The van der Waals surface area contributed by atoms with E-state index in [9.17, 15) is 0 Å². The van der Waals surface area contributed by atoms with Gasteiger partial charge in [-0.1, -0.05) is 5.64 Å². The summed E-state index contributed by atoms with van der Waals surface area (Å²) in [5.74, 6) is 0. The maximum absolute atomic E-state index is 4.34. The first kappa shape index (κ1) is 9.48. The van der Waals surface area contributed by atoms with E-state index in [1.165, 1.54) is 19.9 Å². The Kier molecular flexibility index (Phi) is 14.1. The van der Waals surface area contributed by atoms with Crippen LogP contribution in [-0.2, 0) is 9.68 Å². The second kappa shape index (κ2) is 8.95. The summed E-state index contributed by atoms with van der Waals surface area (Å²) in [7, 11) is 3.06. The van der Waals surface area contributed by atoms with Crippen LogP contribution in [0.15, 0.2) is 0 Å². The van der Waals surface area contributed by atoms with Crippen molar-refractivity contribution in [3.63, 3.8) is 0 Å². The van der Waals surface area contributed by atoms with Gasteiger partial charge in [-0.05, 0) is 0 Å². The molecule has 0 bridgehead atoms. The van der Waals surface area contributed by atoms with Crippen LogP contribution < -0.4 is 18.1 Å². The zero-order chi connectivity index (χ0) is 4.12. The minimum atomic E-state index is 0. The highest BCUT2D eigenvalue weighted by Gasteiger charge is 1.65. The molecule has 0 radical (unpaired) electrons. The fourth-order valence-electron chi connectivity index (χ4n) is 0.0962. The molecule has 0 spiro atoms. The van der Waals surface area contributed by atoms with Crippen LogP contribution in [0.1, 0.15) is 0 Å². The van der Waals surface area contributed by atoms with Gasteiger partial charge >= 0.3 is 0 Å². The molecule has 0 saturated carbocycles. The van der Waals surface area contributed by atoms with Crippen molar-refractivity contribution in [2.24, 2.45) is 0 Å². The minimum Gasteiger partial charge on any atom is -1.00 e. The topological polar surface area (TPSA) is 35.1 Å². The third kappa shape index (κ3) is 8.90. The van der Waals surface area contributed by atoms with E-state index in [0.717, 1.165) is 0 Å². The molecule has 6 heavy (non-hydrogen) atoms. The molecular formula is C2H8ClNO2. The van der Waals surface area contributed by atoms with Gasteiger partial charge in [0.2, 0.25) is 0 Å². The first-order valence-electron chi connectivity index (χ1n) is 1.29. The van der Waals surface area contributed by atoms with Crippen molar-refractivity contribution in [3.8, 4) is 0 Å².